The average molecular weight is 864 g/mol. The first-order chi connectivity index (χ1) is 30.0. The van der Waals surface area contributed by atoms with E-state index >= 15 is 4.39 Å². The van der Waals surface area contributed by atoms with Gasteiger partial charge in [-0.2, -0.15) is 9.97 Å². The van der Waals surface area contributed by atoms with Crippen LogP contribution in [0.25, 0.3) is 11.0 Å². The average Bonchev–Trinajstić information content (AvgIpc) is 3.93. The molecule has 326 valence electrons. The summed E-state index contributed by atoms with van der Waals surface area (Å²) in [4.78, 5) is 46.1. The molecule has 3 aromatic carbocycles. The predicted molar refractivity (Wildman–Crippen MR) is 242 cm³/mol. The van der Waals surface area contributed by atoms with Crippen molar-refractivity contribution in [3.8, 4) is 0 Å². The van der Waals surface area contributed by atoms with Gasteiger partial charge in [-0.1, -0.05) is 24.3 Å². The van der Waals surface area contributed by atoms with E-state index in [9.17, 15) is 18.0 Å². The van der Waals surface area contributed by atoms with Crippen LogP contribution in [-0.4, -0.2) is 123 Å². The fraction of sp³-hybridized carbons (Fsp3) is 0.422. The van der Waals surface area contributed by atoms with Crippen LogP contribution >= 0.6 is 0 Å². The quantitative estimate of drug-likeness (QED) is 0.110. The van der Waals surface area contributed by atoms with Gasteiger partial charge in [0.25, 0.3) is 0 Å². The minimum absolute atomic E-state index is 0.194. The number of imide groups is 1. The summed E-state index contributed by atoms with van der Waals surface area (Å²) in [7, 11) is -1.37. The molecule has 5 aromatic rings. The van der Waals surface area contributed by atoms with E-state index in [1.165, 1.54) is 16.6 Å². The lowest BCUT2D eigenvalue weighted by Crippen LogP contribution is -2.53. The van der Waals surface area contributed by atoms with Gasteiger partial charge in [0.15, 0.2) is 0 Å². The number of aromatic amines is 1. The number of halogens is 1. The van der Waals surface area contributed by atoms with Gasteiger partial charge in [-0.25, -0.2) is 12.8 Å². The van der Waals surface area contributed by atoms with Crippen molar-refractivity contribution in [1.29, 1.82) is 0 Å². The maximum Gasteiger partial charge on any atom is 0.234 e. The predicted octanol–water partition coefficient (Wildman–Crippen LogP) is 5.54. The van der Waals surface area contributed by atoms with Crippen molar-refractivity contribution in [1.82, 2.24) is 30.1 Å². The van der Waals surface area contributed by atoms with Gasteiger partial charge >= 0.3 is 0 Å². The fourth-order valence-corrected chi connectivity index (χ4v) is 10.5. The normalized spacial score (nSPS) is 19.2. The van der Waals surface area contributed by atoms with Gasteiger partial charge in [0.2, 0.25) is 27.8 Å². The zero-order chi connectivity index (χ0) is 43.0. The molecule has 62 heavy (non-hydrogen) atoms. The highest BCUT2D eigenvalue weighted by atomic mass is 32.2. The summed E-state index contributed by atoms with van der Waals surface area (Å²) in [6.45, 7) is 8.02. The summed E-state index contributed by atoms with van der Waals surface area (Å²) in [6, 6.07) is 21.3. The summed E-state index contributed by atoms with van der Waals surface area (Å²) in [6.07, 6.45) is 7.53. The zero-order valence-corrected chi connectivity index (χ0v) is 36.1. The lowest BCUT2D eigenvalue weighted by atomic mass is 9.90. The third-order valence-electron chi connectivity index (χ3n) is 12.9. The summed E-state index contributed by atoms with van der Waals surface area (Å²) in [5.41, 5.74) is 5.92. The van der Waals surface area contributed by atoms with Crippen LogP contribution in [0.15, 0.2) is 72.9 Å². The van der Waals surface area contributed by atoms with E-state index in [1.54, 1.807) is 6.20 Å². The summed E-state index contributed by atoms with van der Waals surface area (Å²) < 4.78 is 42.4. The van der Waals surface area contributed by atoms with Crippen LogP contribution in [-0.2, 0) is 26.0 Å². The standard InChI is InChI=1S/C45H54FN11O4S/c1-53(34-8-3-7-31(28-34)35-11-13-40(58)50-44(35)59)19-5-20-54-24-26-55(27-25-54)33-16-21-56(22-17-33)39-12-10-32(29-37(39)46)48-45-51-42-36(14-18-47-42)43(52-45)49-38-9-4-6-30-15-23-57(41(30)38)62(2,60)61/h3-4,6-10,12,14,18,28-29,33,35H,5,11,13,15-17,19-27H2,1-2H3,(H,50,58,59)(H3,47,48,49,51,52). The summed E-state index contributed by atoms with van der Waals surface area (Å²) >= 11 is 0. The highest BCUT2D eigenvalue weighted by Crippen LogP contribution is 2.39. The number of para-hydroxylation sites is 1. The van der Waals surface area contributed by atoms with E-state index < -0.39 is 10.0 Å². The largest absolute Gasteiger partial charge is 0.375 e. The van der Waals surface area contributed by atoms with Crippen LogP contribution in [0.2, 0.25) is 0 Å². The zero-order valence-electron chi connectivity index (χ0n) is 35.2. The van der Waals surface area contributed by atoms with Gasteiger partial charge in [0.1, 0.15) is 17.3 Å². The molecule has 0 bridgehead atoms. The number of sulfonamides is 1. The van der Waals surface area contributed by atoms with Crippen molar-refractivity contribution >= 4 is 73.1 Å². The topological polar surface area (TPSA) is 162 Å². The number of hydrogen-bond donors (Lipinski definition) is 4. The molecule has 6 heterocycles. The van der Waals surface area contributed by atoms with Crippen LogP contribution < -0.4 is 30.1 Å². The molecule has 1 atom stereocenters. The lowest BCUT2D eigenvalue weighted by Gasteiger charge is -2.43. The number of rotatable bonds is 13. The Morgan fingerprint density at radius 2 is 1.69 bits per heavy atom. The number of H-pyrrole nitrogens is 1. The third-order valence-corrected chi connectivity index (χ3v) is 14.0. The molecule has 3 saturated heterocycles. The molecular formula is C45H54FN11O4S. The Balaban J connectivity index is 0.750. The molecule has 3 fully saturated rings. The van der Waals surface area contributed by atoms with E-state index in [1.807, 2.05) is 48.5 Å². The number of benzene rings is 3. The summed E-state index contributed by atoms with van der Waals surface area (Å²) in [5.74, 6) is -0.230. The van der Waals surface area contributed by atoms with E-state index in [0.29, 0.717) is 66.1 Å². The van der Waals surface area contributed by atoms with Crippen LogP contribution in [0.5, 0.6) is 0 Å². The fourth-order valence-electron chi connectivity index (χ4n) is 9.52. The van der Waals surface area contributed by atoms with Crippen molar-refractivity contribution < 1.29 is 22.4 Å². The van der Waals surface area contributed by atoms with Gasteiger partial charge in [-0.15, -0.1) is 0 Å². The van der Waals surface area contributed by atoms with E-state index in [4.69, 9.17) is 4.98 Å². The first-order valence-corrected chi connectivity index (χ1v) is 23.5. The van der Waals surface area contributed by atoms with Crippen molar-refractivity contribution in [3.05, 3.63) is 89.9 Å². The first kappa shape index (κ1) is 41.6. The van der Waals surface area contributed by atoms with Crippen LogP contribution in [0.3, 0.4) is 0 Å². The Labute approximate surface area is 361 Å². The van der Waals surface area contributed by atoms with Crippen molar-refractivity contribution in [2.24, 2.45) is 0 Å². The number of carbonyl (C=O) groups is 2. The van der Waals surface area contributed by atoms with Crippen LogP contribution in [0.4, 0.5) is 44.6 Å². The lowest BCUT2D eigenvalue weighted by molar-refractivity contribution is -0.134. The van der Waals surface area contributed by atoms with E-state index in [-0.39, 0.29) is 29.5 Å². The third kappa shape index (κ3) is 8.92. The number of amides is 2. The van der Waals surface area contributed by atoms with Crippen LogP contribution in [0, 0.1) is 5.82 Å². The number of carbonyl (C=O) groups excluding carboxylic acids is 2. The van der Waals surface area contributed by atoms with E-state index in [0.717, 1.165) is 93.8 Å². The van der Waals surface area contributed by atoms with Crippen molar-refractivity contribution in [2.75, 3.05) is 96.9 Å². The molecule has 4 N–H and O–H groups in total. The number of nitrogens with zero attached hydrogens (tertiary/aromatic N) is 7. The van der Waals surface area contributed by atoms with Gasteiger partial charge in [0, 0.05) is 89.4 Å². The van der Waals surface area contributed by atoms with Gasteiger partial charge < -0.3 is 30.3 Å². The molecule has 2 amide bonds. The second-order valence-electron chi connectivity index (χ2n) is 16.9. The smallest absolute Gasteiger partial charge is 0.234 e. The molecule has 17 heteroatoms. The monoisotopic (exact) mass is 863 g/mol. The highest BCUT2D eigenvalue weighted by molar-refractivity contribution is 7.92. The molecule has 0 radical (unpaired) electrons. The second-order valence-corrected chi connectivity index (χ2v) is 18.8. The number of fused-ring (bicyclic) bond motifs is 2. The molecule has 0 spiro atoms. The first-order valence-electron chi connectivity index (χ1n) is 21.6. The number of hydrogen-bond acceptors (Lipinski definition) is 12. The molecule has 4 aliphatic heterocycles. The minimum atomic E-state index is -3.47. The Kier molecular flexibility index (Phi) is 11.8. The maximum atomic E-state index is 15.8. The SMILES string of the molecule is CN(CCCN1CCN(C2CCN(c3ccc(Nc4nc(Nc5cccc6c5N(S(C)(=O)=O)CC6)c5cc[nH]c5n4)cc3F)CC2)CC1)c1cccc(C2CCC(=O)NC2=O)c1. The van der Waals surface area contributed by atoms with Gasteiger partial charge in [-0.3, -0.25) is 24.1 Å². The number of piperidine rings is 2. The highest BCUT2D eigenvalue weighted by Gasteiger charge is 2.31. The van der Waals surface area contributed by atoms with Crippen molar-refractivity contribution in [3.63, 3.8) is 0 Å². The van der Waals surface area contributed by atoms with Crippen molar-refractivity contribution in [2.45, 2.75) is 50.5 Å². The Morgan fingerprint density at radius 3 is 2.47 bits per heavy atom. The molecule has 9 rings (SSSR count). The molecule has 2 aromatic heterocycles. The molecule has 15 nitrogen and oxygen atoms in total. The van der Waals surface area contributed by atoms with Crippen LogP contribution in [0.1, 0.15) is 49.1 Å². The van der Waals surface area contributed by atoms with E-state index in [2.05, 4.69) is 64.7 Å². The molecule has 4 aliphatic rings. The number of aromatic nitrogens is 3. The number of piperazine rings is 1. The number of anilines is 7. The molecular weight excluding hydrogens is 810 g/mol. The molecule has 0 saturated carbocycles. The van der Waals surface area contributed by atoms with Gasteiger partial charge in [-0.05, 0) is 92.2 Å². The maximum absolute atomic E-state index is 15.8. The van der Waals surface area contributed by atoms with Gasteiger partial charge in [0.05, 0.1) is 34.6 Å². The Bertz CT molecular complexity index is 2570. The Hall–Kier alpha value is -5.78. The molecule has 0 aliphatic carbocycles. The second kappa shape index (κ2) is 17.5. The minimum Gasteiger partial charge on any atom is -0.375 e. The summed E-state index contributed by atoms with van der Waals surface area (Å²) in [5, 5.41) is 9.75. The molecule has 1 unspecified atom stereocenters. The Morgan fingerprint density at radius 1 is 0.887 bits per heavy atom. The number of nitrogens with one attached hydrogen (secondary N) is 4.